The summed E-state index contributed by atoms with van der Waals surface area (Å²) in [5, 5.41) is 14.7. The molecule has 0 spiro atoms. The first-order valence-corrected chi connectivity index (χ1v) is 7.00. The Morgan fingerprint density at radius 3 is 2.45 bits per heavy atom. The molecule has 1 fully saturated rings. The average molecular weight is 303 g/mol. The highest BCUT2D eigenvalue weighted by atomic mass is 16.6. The van der Waals surface area contributed by atoms with E-state index in [-0.39, 0.29) is 11.4 Å². The number of oxime groups is 1. The van der Waals surface area contributed by atoms with E-state index in [0.717, 1.165) is 32.4 Å². The van der Waals surface area contributed by atoms with Crippen molar-refractivity contribution in [3.8, 4) is 0 Å². The SMILES string of the molecule is CO/N=C(/C(=[N+]=[N-])c1ccc([N+](=O)[O-])cc1)N1CCCCC1. The maximum absolute atomic E-state index is 10.7. The molecule has 1 aromatic rings. The van der Waals surface area contributed by atoms with Crippen LogP contribution < -0.4 is 0 Å². The quantitative estimate of drug-likeness (QED) is 0.212. The lowest BCUT2D eigenvalue weighted by Crippen LogP contribution is -2.41. The molecule has 22 heavy (non-hydrogen) atoms. The predicted molar refractivity (Wildman–Crippen MR) is 80.7 cm³/mol. The zero-order valence-electron chi connectivity index (χ0n) is 12.3. The topological polar surface area (TPSA) is 104 Å². The fraction of sp³-hybridized carbons (Fsp3) is 0.429. The normalized spacial score (nSPS) is 15.1. The van der Waals surface area contributed by atoms with Crippen molar-refractivity contribution >= 4 is 17.2 Å². The third-order valence-corrected chi connectivity index (χ3v) is 3.50. The van der Waals surface area contributed by atoms with Gasteiger partial charge in [-0.25, -0.2) is 0 Å². The van der Waals surface area contributed by atoms with Gasteiger partial charge < -0.3 is 15.3 Å². The van der Waals surface area contributed by atoms with Crippen molar-refractivity contribution in [3.63, 3.8) is 0 Å². The highest BCUT2D eigenvalue weighted by Gasteiger charge is 2.28. The first kappa shape index (κ1) is 15.7. The highest BCUT2D eigenvalue weighted by molar-refractivity contribution is 6.45. The summed E-state index contributed by atoms with van der Waals surface area (Å²) in [6.45, 7) is 1.60. The molecule has 2 rings (SSSR count). The van der Waals surface area contributed by atoms with E-state index in [2.05, 4.69) is 9.95 Å². The van der Waals surface area contributed by atoms with E-state index >= 15 is 0 Å². The zero-order valence-corrected chi connectivity index (χ0v) is 12.3. The van der Waals surface area contributed by atoms with Crippen LogP contribution in [-0.2, 0) is 4.84 Å². The number of nitrogens with zero attached hydrogens (tertiary/aromatic N) is 5. The Bertz CT molecular complexity index is 614. The molecule has 0 atom stereocenters. The second-order valence-corrected chi connectivity index (χ2v) is 4.90. The Labute approximate surface area is 127 Å². The Morgan fingerprint density at radius 1 is 1.32 bits per heavy atom. The molecule has 116 valence electrons. The molecular formula is C14H17N5O3. The first-order chi connectivity index (χ1) is 10.7. The number of piperidine rings is 1. The van der Waals surface area contributed by atoms with Crippen LogP contribution in [0.25, 0.3) is 5.53 Å². The van der Waals surface area contributed by atoms with Crippen LogP contribution in [0.3, 0.4) is 0 Å². The molecule has 0 aromatic heterocycles. The van der Waals surface area contributed by atoms with E-state index in [0.29, 0.717) is 11.4 Å². The summed E-state index contributed by atoms with van der Waals surface area (Å²) >= 11 is 0. The summed E-state index contributed by atoms with van der Waals surface area (Å²) in [6.07, 6.45) is 3.21. The molecule has 0 saturated carbocycles. The molecule has 1 heterocycles. The fourth-order valence-corrected chi connectivity index (χ4v) is 2.42. The highest BCUT2D eigenvalue weighted by Crippen LogP contribution is 2.15. The van der Waals surface area contributed by atoms with Gasteiger partial charge in [0, 0.05) is 25.2 Å². The first-order valence-electron chi connectivity index (χ1n) is 7.00. The van der Waals surface area contributed by atoms with Crippen molar-refractivity contribution in [2.45, 2.75) is 19.3 Å². The van der Waals surface area contributed by atoms with Crippen molar-refractivity contribution in [3.05, 3.63) is 45.5 Å². The Balaban J connectivity index is 2.33. The average Bonchev–Trinajstić information content (AvgIpc) is 2.56. The maximum Gasteiger partial charge on any atom is 0.367 e. The molecule has 0 amide bonds. The minimum Gasteiger partial charge on any atom is -0.397 e. The van der Waals surface area contributed by atoms with E-state index in [4.69, 9.17) is 4.84 Å². The number of non-ortho nitro benzene ring substituents is 1. The van der Waals surface area contributed by atoms with Gasteiger partial charge in [-0.05, 0) is 31.4 Å². The minimum absolute atomic E-state index is 0.0238. The zero-order chi connectivity index (χ0) is 15.9. The largest absolute Gasteiger partial charge is 0.397 e. The monoisotopic (exact) mass is 303 g/mol. The molecule has 8 heteroatoms. The number of nitro groups is 1. The van der Waals surface area contributed by atoms with Crippen molar-refractivity contribution in [1.82, 2.24) is 4.90 Å². The van der Waals surface area contributed by atoms with Crippen molar-refractivity contribution in [2.75, 3.05) is 20.2 Å². The van der Waals surface area contributed by atoms with Crippen molar-refractivity contribution in [1.29, 1.82) is 0 Å². The predicted octanol–water partition coefficient (Wildman–Crippen LogP) is 2.06. The lowest BCUT2D eigenvalue weighted by molar-refractivity contribution is -0.384. The summed E-state index contributed by atoms with van der Waals surface area (Å²) < 4.78 is 0. The summed E-state index contributed by atoms with van der Waals surface area (Å²) in [7, 11) is 1.43. The van der Waals surface area contributed by atoms with Crippen molar-refractivity contribution in [2.24, 2.45) is 5.16 Å². The molecular weight excluding hydrogens is 286 g/mol. The standard InChI is InChI=1S/C14H17N5O3/c1-22-17-14(18-9-3-2-4-10-18)13(16-15)11-5-7-12(8-6-11)19(20)21/h5-8H,2-4,9-10H2,1H3/b17-14-. The molecule has 0 radical (unpaired) electrons. The Morgan fingerprint density at radius 2 is 1.95 bits per heavy atom. The van der Waals surface area contributed by atoms with Crippen LogP contribution >= 0.6 is 0 Å². The molecule has 8 nitrogen and oxygen atoms in total. The molecule has 0 aliphatic carbocycles. The van der Waals surface area contributed by atoms with Gasteiger partial charge >= 0.3 is 5.71 Å². The van der Waals surface area contributed by atoms with Crippen LogP contribution in [0.1, 0.15) is 24.8 Å². The van der Waals surface area contributed by atoms with Gasteiger partial charge in [-0.2, -0.15) is 4.79 Å². The van der Waals surface area contributed by atoms with E-state index in [1.165, 1.54) is 31.4 Å². The van der Waals surface area contributed by atoms with Gasteiger partial charge in [0.15, 0.2) is 0 Å². The van der Waals surface area contributed by atoms with Gasteiger partial charge in [0.25, 0.3) is 11.5 Å². The van der Waals surface area contributed by atoms with Gasteiger partial charge in [0.1, 0.15) is 7.11 Å². The number of hydrogen-bond donors (Lipinski definition) is 0. The number of amidine groups is 1. The third kappa shape index (κ3) is 3.48. The molecule has 1 aliphatic rings. The van der Waals surface area contributed by atoms with Crippen LogP contribution in [0.2, 0.25) is 0 Å². The maximum atomic E-state index is 10.7. The van der Waals surface area contributed by atoms with Gasteiger partial charge in [-0.3, -0.25) is 10.1 Å². The third-order valence-electron chi connectivity index (χ3n) is 3.50. The van der Waals surface area contributed by atoms with Crippen LogP contribution in [0.5, 0.6) is 0 Å². The fourth-order valence-electron chi connectivity index (χ4n) is 2.42. The number of rotatable bonds is 4. The van der Waals surface area contributed by atoms with Crippen LogP contribution in [0, 0.1) is 10.1 Å². The van der Waals surface area contributed by atoms with E-state index < -0.39 is 4.92 Å². The van der Waals surface area contributed by atoms with Gasteiger partial charge in [-0.1, -0.05) is 5.16 Å². The van der Waals surface area contributed by atoms with Gasteiger partial charge in [-0.15, -0.1) is 0 Å². The molecule has 0 N–H and O–H groups in total. The van der Waals surface area contributed by atoms with E-state index in [1.807, 2.05) is 4.90 Å². The number of hydrogen-bond acceptors (Lipinski definition) is 4. The van der Waals surface area contributed by atoms with Crippen LogP contribution in [0.4, 0.5) is 5.69 Å². The second kappa shape index (κ2) is 7.33. The van der Waals surface area contributed by atoms with Gasteiger partial charge in [0.05, 0.1) is 10.5 Å². The summed E-state index contributed by atoms with van der Waals surface area (Å²) in [6, 6.07) is 5.78. The molecule has 1 saturated heterocycles. The molecule has 0 unspecified atom stereocenters. The summed E-state index contributed by atoms with van der Waals surface area (Å²) in [4.78, 5) is 20.4. The minimum atomic E-state index is -0.478. The van der Waals surface area contributed by atoms with Gasteiger partial charge in [0.2, 0.25) is 0 Å². The lowest BCUT2D eigenvalue weighted by Gasteiger charge is -2.27. The van der Waals surface area contributed by atoms with Crippen LogP contribution in [-0.4, -0.2) is 46.4 Å². The number of nitro benzene ring substituents is 1. The lowest BCUT2D eigenvalue weighted by atomic mass is 10.1. The number of benzene rings is 1. The van der Waals surface area contributed by atoms with Crippen LogP contribution in [0.15, 0.2) is 29.4 Å². The molecule has 0 bridgehead atoms. The van der Waals surface area contributed by atoms with E-state index in [9.17, 15) is 15.6 Å². The Kier molecular flexibility index (Phi) is 5.21. The second-order valence-electron chi connectivity index (χ2n) is 4.90. The smallest absolute Gasteiger partial charge is 0.367 e. The Hall–Kier alpha value is -2.73. The number of likely N-dealkylation sites (tertiary alicyclic amines) is 1. The van der Waals surface area contributed by atoms with E-state index in [1.54, 1.807) is 0 Å². The molecule has 1 aliphatic heterocycles. The summed E-state index contributed by atoms with van der Waals surface area (Å²) in [5.74, 6) is 0.429. The molecule has 1 aromatic carbocycles. The van der Waals surface area contributed by atoms with Crippen molar-refractivity contribution < 1.29 is 14.6 Å². The summed E-state index contributed by atoms with van der Waals surface area (Å²) in [5.41, 5.74) is 10.1.